The molecule has 0 bridgehead atoms. The van der Waals surface area contributed by atoms with Crippen LogP contribution in [0, 0.1) is 0 Å². The Balaban J connectivity index is 1.64. The maximum absolute atomic E-state index is 13.9. The van der Waals surface area contributed by atoms with Crippen LogP contribution >= 0.6 is 19.4 Å². The fourth-order valence-corrected chi connectivity index (χ4v) is 5.41. The van der Waals surface area contributed by atoms with Crippen molar-refractivity contribution in [2.24, 2.45) is 0 Å². The first kappa shape index (κ1) is 25.3. The summed E-state index contributed by atoms with van der Waals surface area (Å²) in [5, 5.41) is 5.22. The van der Waals surface area contributed by atoms with Crippen molar-refractivity contribution in [1.82, 2.24) is 0 Å². The molecule has 0 spiro atoms. The molecule has 0 fully saturated rings. The van der Waals surface area contributed by atoms with Gasteiger partial charge < -0.3 is 9.84 Å². The zero-order valence-corrected chi connectivity index (χ0v) is 21.3. The molecule has 4 rings (SSSR count). The van der Waals surface area contributed by atoms with Crippen LogP contribution < -0.4 is 9.84 Å². The molecule has 0 saturated carbocycles. The smallest absolute Gasteiger partial charge is 0.403 e. The fraction of sp³-hybridized carbons (Fsp3) is 0.214. The Bertz CT molecular complexity index is 1290. The van der Waals surface area contributed by atoms with Crippen molar-refractivity contribution in [2.75, 3.05) is 24.3 Å². The van der Waals surface area contributed by atoms with Crippen LogP contribution in [-0.4, -0.2) is 19.0 Å². The van der Waals surface area contributed by atoms with E-state index in [4.69, 9.17) is 25.2 Å². The van der Waals surface area contributed by atoms with E-state index in [1.165, 1.54) is 0 Å². The van der Waals surface area contributed by atoms with E-state index in [9.17, 15) is 4.57 Å². The van der Waals surface area contributed by atoms with Crippen molar-refractivity contribution in [3.05, 3.63) is 108 Å². The molecule has 3 aromatic carbocycles. The normalized spacial score (nSPS) is 16.9. The van der Waals surface area contributed by atoms with E-state index in [1.807, 2.05) is 85.8 Å². The van der Waals surface area contributed by atoms with Gasteiger partial charge in [0.25, 0.3) is 0 Å². The van der Waals surface area contributed by atoms with Gasteiger partial charge in [-0.3, -0.25) is 9.05 Å². The number of halogens is 1. The van der Waals surface area contributed by atoms with Gasteiger partial charge in [-0.2, -0.15) is 0 Å². The van der Waals surface area contributed by atoms with E-state index in [0.29, 0.717) is 17.2 Å². The second-order valence-electron chi connectivity index (χ2n) is 8.23. The number of hydrogen-bond donors (Lipinski definition) is 1. The fourth-order valence-electron chi connectivity index (χ4n) is 3.94. The molecule has 35 heavy (non-hydrogen) atoms. The Morgan fingerprint density at radius 1 is 1.11 bits per heavy atom. The van der Waals surface area contributed by atoms with Crippen LogP contribution in [0.25, 0.3) is 10.8 Å². The first-order valence-corrected chi connectivity index (χ1v) is 13.5. The number of allylic oxidation sites excluding steroid dienone is 3. The van der Waals surface area contributed by atoms with Crippen LogP contribution in [0.15, 0.2) is 97.1 Å². The van der Waals surface area contributed by atoms with E-state index in [0.717, 1.165) is 34.1 Å². The van der Waals surface area contributed by atoms with Gasteiger partial charge in [0.2, 0.25) is 0 Å². The van der Waals surface area contributed by atoms with Crippen LogP contribution in [-0.2, 0) is 20.2 Å². The van der Waals surface area contributed by atoms with Gasteiger partial charge in [-0.05, 0) is 29.0 Å². The first-order chi connectivity index (χ1) is 17.0. The van der Waals surface area contributed by atoms with Crippen molar-refractivity contribution in [1.29, 1.82) is 0 Å². The molecule has 1 N–H and O–H groups in total. The van der Waals surface area contributed by atoms with Crippen LogP contribution in [0.1, 0.15) is 24.0 Å². The molecule has 5 nitrogen and oxygen atoms in total. The van der Waals surface area contributed by atoms with E-state index < -0.39 is 7.82 Å². The van der Waals surface area contributed by atoms with E-state index in [1.54, 1.807) is 6.08 Å². The van der Waals surface area contributed by atoms with Gasteiger partial charge in [0.1, 0.15) is 5.75 Å². The number of phosphoric acid groups is 1. The molecule has 0 amide bonds. The molecule has 3 aromatic rings. The largest absolute Gasteiger partial charge is 0.530 e. The molecular weight excluding hydrogens is 481 g/mol. The van der Waals surface area contributed by atoms with Crippen LogP contribution in [0.3, 0.4) is 0 Å². The minimum atomic E-state index is -4.02. The van der Waals surface area contributed by atoms with E-state index in [2.05, 4.69) is 11.9 Å². The number of alkyl halides is 1. The molecule has 0 radical (unpaired) electrons. The van der Waals surface area contributed by atoms with E-state index in [-0.39, 0.29) is 19.1 Å². The van der Waals surface area contributed by atoms with Crippen molar-refractivity contribution in [3.8, 4) is 5.75 Å². The lowest BCUT2D eigenvalue weighted by Gasteiger charge is -2.21. The Labute approximate surface area is 211 Å². The molecule has 0 aromatic heterocycles. The highest BCUT2D eigenvalue weighted by Gasteiger charge is 2.32. The Kier molecular flexibility index (Phi) is 8.48. The molecule has 1 aliphatic heterocycles. The lowest BCUT2D eigenvalue weighted by Crippen LogP contribution is -2.06. The van der Waals surface area contributed by atoms with Crippen molar-refractivity contribution < 1.29 is 18.1 Å². The number of hydrogen-bond acceptors (Lipinski definition) is 5. The number of phosphoric ester groups is 1. The zero-order chi connectivity index (χ0) is 24.7. The minimum absolute atomic E-state index is 0.00440. The van der Waals surface area contributed by atoms with Crippen LogP contribution in [0.2, 0.25) is 0 Å². The molecule has 0 saturated heterocycles. The summed E-state index contributed by atoms with van der Waals surface area (Å²) in [5.41, 5.74) is 3.56. The molecule has 2 unspecified atom stereocenters. The highest BCUT2D eigenvalue weighted by atomic mass is 35.5. The van der Waals surface area contributed by atoms with Crippen LogP contribution in [0.4, 0.5) is 5.69 Å². The Hall–Kier alpha value is -2.82. The number of benzene rings is 3. The van der Waals surface area contributed by atoms with Gasteiger partial charge >= 0.3 is 7.82 Å². The summed E-state index contributed by atoms with van der Waals surface area (Å²) in [7, 11) is -4.02. The summed E-state index contributed by atoms with van der Waals surface area (Å²) in [5.74, 6) is 1.12. The lowest BCUT2D eigenvalue weighted by molar-refractivity contribution is 0.159. The summed E-state index contributed by atoms with van der Waals surface area (Å²) in [6, 6.07) is 19.2. The zero-order valence-electron chi connectivity index (χ0n) is 19.7. The molecule has 7 heteroatoms. The maximum Gasteiger partial charge on any atom is 0.530 e. The van der Waals surface area contributed by atoms with Gasteiger partial charge in [-0.1, -0.05) is 85.5 Å². The monoisotopic (exact) mass is 509 g/mol. The van der Waals surface area contributed by atoms with Gasteiger partial charge in [0, 0.05) is 35.5 Å². The van der Waals surface area contributed by atoms with Crippen molar-refractivity contribution >= 4 is 35.9 Å². The second-order valence-corrected chi connectivity index (χ2v) is 10.1. The molecule has 2 atom stereocenters. The summed E-state index contributed by atoms with van der Waals surface area (Å²) < 4.78 is 31.5. The van der Waals surface area contributed by atoms with Crippen LogP contribution in [0.5, 0.6) is 5.75 Å². The Morgan fingerprint density at radius 3 is 2.60 bits per heavy atom. The first-order valence-electron chi connectivity index (χ1n) is 11.5. The number of rotatable bonds is 11. The standard InChI is InChI=1S/C28H29ClNO4P/c1-3-4-6-11-21(2)19-32-35(31,33-20-22-12-7-5-8-13-22)34-27-16-26-28(23(17-29)18-30-26)25-15-10-9-14-24(25)27/h3-16,23,30H,2,17-20H2,1H3. The highest BCUT2D eigenvalue weighted by molar-refractivity contribution is 7.48. The molecule has 1 aliphatic rings. The summed E-state index contributed by atoms with van der Waals surface area (Å²) in [6.07, 6.45) is 7.42. The molecular formula is C28H29ClNO4P. The lowest BCUT2D eigenvalue weighted by atomic mass is 9.95. The second kappa shape index (κ2) is 11.7. The third-order valence-corrected chi connectivity index (χ3v) is 7.35. The van der Waals surface area contributed by atoms with Gasteiger partial charge in [-0.15, -0.1) is 11.6 Å². The summed E-state index contributed by atoms with van der Waals surface area (Å²) >= 11 is 6.22. The molecule has 182 valence electrons. The topological polar surface area (TPSA) is 56.8 Å². The van der Waals surface area contributed by atoms with E-state index >= 15 is 0 Å². The predicted molar refractivity (Wildman–Crippen MR) is 144 cm³/mol. The molecule has 0 aliphatic carbocycles. The minimum Gasteiger partial charge on any atom is -0.403 e. The third kappa shape index (κ3) is 6.25. The summed E-state index contributed by atoms with van der Waals surface area (Å²) in [6.45, 7) is 6.71. The average Bonchev–Trinajstić information content (AvgIpc) is 3.30. The third-order valence-electron chi connectivity index (χ3n) is 5.67. The predicted octanol–water partition coefficient (Wildman–Crippen LogP) is 8.00. The quantitative estimate of drug-likeness (QED) is 0.161. The number of anilines is 1. The molecule has 1 heterocycles. The number of fused-ring (bicyclic) bond motifs is 3. The Morgan fingerprint density at radius 2 is 1.86 bits per heavy atom. The number of nitrogens with one attached hydrogen (secondary N) is 1. The van der Waals surface area contributed by atoms with Gasteiger partial charge in [-0.25, -0.2) is 4.57 Å². The van der Waals surface area contributed by atoms with Gasteiger partial charge in [0.05, 0.1) is 13.2 Å². The highest BCUT2D eigenvalue weighted by Crippen LogP contribution is 2.53. The summed E-state index contributed by atoms with van der Waals surface area (Å²) in [4.78, 5) is 0. The van der Waals surface area contributed by atoms with Crippen molar-refractivity contribution in [3.63, 3.8) is 0 Å². The average molecular weight is 510 g/mol. The SMILES string of the molecule is C=C(C=CC=CC)COP(=O)(OCc1ccccc1)Oc1cc2c(c3ccccc13)C(CCl)CN2. The van der Waals surface area contributed by atoms with Gasteiger partial charge in [0.15, 0.2) is 0 Å². The van der Waals surface area contributed by atoms with Crippen molar-refractivity contribution in [2.45, 2.75) is 19.4 Å². The maximum atomic E-state index is 13.9.